The number of nitrogens with zero attached hydrogens (tertiary/aromatic N) is 8. The summed E-state index contributed by atoms with van der Waals surface area (Å²) in [7, 11) is 1.91. The number of carbonyl (C=O) groups is 4. The molecule has 2 aromatic heterocycles. The molecule has 0 spiro atoms. The van der Waals surface area contributed by atoms with E-state index in [0.29, 0.717) is 42.1 Å². The number of benzene rings is 3. The molecule has 23 heteroatoms. The maximum Gasteiger partial charge on any atom is 0.416 e. The molecule has 2 aliphatic carbocycles. The highest BCUT2D eigenvalue weighted by molar-refractivity contribution is 5.92. The maximum atomic E-state index is 13.2. The SMILES string of the molecule is CC.CCCC(=O)N(C)C1CCC(N2CC(NC(=O)CNc3ncnc4ccc(C(F)(F)F)cc34)C2)CC1.CCN(C(=O)OCc1ccccc1)C1CCC(N2CC(NC(=O)CNc3ncnc4ccc(C(F)(F)F)cc34)C2)CC1. The van der Waals surface area contributed by atoms with Crippen molar-refractivity contribution in [3.05, 3.63) is 96.1 Å². The Morgan fingerprint density at radius 2 is 1.07 bits per heavy atom. The van der Waals surface area contributed by atoms with Gasteiger partial charge in [0, 0.05) is 81.1 Å². The second-order valence-corrected chi connectivity index (χ2v) is 20.6. The van der Waals surface area contributed by atoms with Crippen molar-refractivity contribution in [1.29, 1.82) is 0 Å². The minimum Gasteiger partial charge on any atom is -0.445 e. The number of alkyl halides is 6. The zero-order valence-electron chi connectivity index (χ0n) is 46.1. The van der Waals surface area contributed by atoms with E-state index < -0.39 is 23.5 Å². The molecular weight excluding hydrogens is 1050 g/mol. The highest BCUT2D eigenvalue weighted by Crippen LogP contribution is 2.35. The summed E-state index contributed by atoms with van der Waals surface area (Å²) >= 11 is 0. The normalized spacial score (nSPS) is 19.9. The third kappa shape index (κ3) is 16.2. The number of anilines is 2. The van der Waals surface area contributed by atoms with Gasteiger partial charge in [-0.2, -0.15) is 26.3 Å². The number of carbonyl (C=O) groups excluding carboxylic acids is 4. The van der Waals surface area contributed by atoms with Crippen molar-refractivity contribution in [2.75, 3.05) is 63.5 Å². The molecule has 0 atom stereocenters. The minimum absolute atomic E-state index is 0.0103. The molecular formula is C57H74F6N12O5. The Balaban J connectivity index is 0.000000227. The van der Waals surface area contributed by atoms with Gasteiger partial charge in [-0.05, 0) is 107 Å². The van der Waals surface area contributed by atoms with Crippen LogP contribution >= 0.6 is 0 Å². The highest BCUT2D eigenvalue weighted by atomic mass is 19.4. The van der Waals surface area contributed by atoms with Crippen LogP contribution in [-0.2, 0) is 38.1 Å². The average molecular weight is 1120 g/mol. The number of hydrogen-bond donors (Lipinski definition) is 4. The number of nitrogens with one attached hydrogen (secondary N) is 4. The van der Waals surface area contributed by atoms with E-state index in [1.165, 1.54) is 24.8 Å². The molecule has 0 unspecified atom stereocenters. The first-order valence-electron chi connectivity index (χ1n) is 27.8. The van der Waals surface area contributed by atoms with Gasteiger partial charge in [0.15, 0.2) is 0 Å². The molecule has 434 valence electrons. The number of aromatic nitrogens is 4. The first kappa shape index (κ1) is 60.8. The molecule has 17 nitrogen and oxygen atoms in total. The van der Waals surface area contributed by atoms with Crippen LogP contribution in [0.25, 0.3) is 21.8 Å². The lowest BCUT2D eigenvalue weighted by molar-refractivity contribution is -0.138. The van der Waals surface area contributed by atoms with Crippen LogP contribution < -0.4 is 21.3 Å². The van der Waals surface area contributed by atoms with Crippen molar-refractivity contribution in [3.63, 3.8) is 0 Å². The van der Waals surface area contributed by atoms with Gasteiger partial charge in [0.1, 0.15) is 30.9 Å². The predicted molar refractivity (Wildman–Crippen MR) is 293 cm³/mol. The molecule has 2 saturated carbocycles. The van der Waals surface area contributed by atoms with Crippen LogP contribution in [0.1, 0.15) is 109 Å². The minimum atomic E-state index is -4.49. The summed E-state index contributed by atoms with van der Waals surface area (Å²) in [4.78, 5) is 74.4. The fourth-order valence-corrected chi connectivity index (χ4v) is 10.9. The van der Waals surface area contributed by atoms with E-state index in [1.807, 2.05) is 74.9 Å². The van der Waals surface area contributed by atoms with Crippen LogP contribution in [0.5, 0.6) is 0 Å². The summed E-state index contributed by atoms with van der Waals surface area (Å²) in [6, 6.07) is 17.6. The van der Waals surface area contributed by atoms with Crippen LogP contribution in [0.2, 0.25) is 0 Å². The summed E-state index contributed by atoms with van der Waals surface area (Å²) in [5.74, 6) is 0.0962. The van der Waals surface area contributed by atoms with Crippen LogP contribution in [-0.4, -0.2) is 152 Å². The predicted octanol–water partition coefficient (Wildman–Crippen LogP) is 9.29. The summed E-state index contributed by atoms with van der Waals surface area (Å²) < 4.78 is 84.3. The van der Waals surface area contributed by atoms with Crippen LogP contribution in [0.3, 0.4) is 0 Å². The maximum absolute atomic E-state index is 13.2. The Morgan fingerprint density at radius 1 is 0.625 bits per heavy atom. The molecule has 4 amide bonds. The van der Waals surface area contributed by atoms with Gasteiger partial charge in [-0.3, -0.25) is 24.2 Å². The van der Waals surface area contributed by atoms with E-state index >= 15 is 0 Å². The Bertz CT molecular complexity index is 2840. The summed E-state index contributed by atoms with van der Waals surface area (Å²) in [5.41, 5.74) is 0.0943. The van der Waals surface area contributed by atoms with Crippen molar-refractivity contribution in [2.45, 2.75) is 147 Å². The molecule has 2 aliphatic heterocycles. The second kappa shape index (κ2) is 28.0. The van der Waals surface area contributed by atoms with Crippen molar-refractivity contribution in [3.8, 4) is 0 Å². The molecule has 80 heavy (non-hydrogen) atoms. The molecule has 5 aromatic rings. The summed E-state index contributed by atoms with van der Waals surface area (Å²) in [6.45, 7) is 11.7. The topological polar surface area (TPSA) is 190 Å². The molecule has 3 aromatic carbocycles. The van der Waals surface area contributed by atoms with Crippen molar-refractivity contribution >= 4 is 57.3 Å². The van der Waals surface area contributed by atoms with E-state index in [0.717, 1.165) is 114 Å². The number of rotatable bonds is 17. The molecule has 4 N–H and O–H groups in total. The summed E-state index contributed by atoms with van der Waals surface area (Å²) in [6.07, 6.45) is 2.54. The fourth-order valence-electron chi connectivity index (χ4n) is 10.9. The lowest BCUT2D eigenvalue weighted by Gasteiger charge is -2.47. The van der Waals surface area contributed by atoms with E-state index in [4.69, 9.17) is 4.74 Å². The van der Waals surface area contributed by atoms with Crippen LogP contribution in [0.15, 0.2) is 79.4 Å². The number of halogens is 6. The van der Waals surface area contributed by atoms with Crippen LogP contribution in [0.4, 0.5) is 42.8 Å². The number of likely N-dealkylation sites (tertiary alicyclic amines) is 2. The molecule has 4 fully saturated rings. The Hall–Kier alpha value is -6.88. The van der Waals surface area contributed by atoms with Gasteiger partial charge in [-0.1, -0.05) is 51.1 Å². The zero-order valence-corrected chi connectivity index (χ0v) is 46.1. The standard InChI is InChI=1S/C30H35F3N6O3.C25H33F3N6O2.C2H6/c1-2-39(29(41)42-18-20-6-4-3-5-7-20)24-11-9-23(10-12-24)38-16-22(17-38)37-27(40)15-34-28-25-14-21(30(31,32)33)8-13-26(25)35-19-36-28;1-3-4-23(36)33(2)18-6-8-19(9-7-18)34-13-17(14-34)32-22(35)12-29-24-20-11-16(25(26,27)28)5-10-21(20)30-15-31-24;1-2/h3-8,13-14,19,22-24H,2,9-12,15-18H2,1H3,(H,37,40)(H,34,35,36);5,10-11,15,17-19H,3-4,6-9,12-14H2,1-2H3,(H,32,35)(H,29,30,31);1-2H3. The monoisotopic (exact) mass is 1120 g/mol. The fraction of sp³-hybridized carbons (Fsp3) is 0.544. The van der Waals surface area contributed by atoms with E-state index in [2.05, 4.69) is 51.0 Å². The molecule has 0 bridgehead atoms. The largest absolute Gasteiger partial charge is 0.445 e. The lowest BCUT2D eigenvalue weighted by atomic mass is 9.87. The van der Waals surface area contributed by atoms with E-state index in [-0.39, 0.29) is 84.0 Å². The molecule has 4 heterocycles. The van der Waals surface area contributed by atoms with E-state index in [1.54, 1.807) is 0 Å². The molecule has 4 aliphatic rings. The molecule has 2 saturated heterocycles. The number of ether oxygens (including phenoxy) is 1. The second-order valence-electron chi connectivity index (χ2n) is 20.6. The van der Waals surface area contributed by atoms with Gasteiger partial charge < -0.3 is 35.8 Å². The van der Waals surface area contributed by atoms with Crippen molar-refractivity contribution < 1.29 is 50.3 Å². The number of amides is 4. The highest BCUT2D eigenvalue weighted by Gasteiger charge is 2.39. The average Bonchev–Trinajstić information content (AvgIpc) is 3.47. The zero-order chi connectivity index (χ0) is 57.6. The smallest absolute Gasteiger partial charge is 0.416 e. The first-order valence-corrected chi connectivity index (χ1v) is 27.8. The van der Waals surface area contributed by atoms with Crippen molar-refractivity contribution in [1.82, 2.24) is 50.2 Å². The van der Waals surface area contributed by atoms with Gasteiger partial charge in [0.2, 0.25) is 17.7 Å². The first-order chi connectivity index (χ1) is 38.4. The van der Waals surface area contributed by atoms with Gasteiger partial charge in [0.05, 0.1) is 47.3 Å². The van der Waals surface area contributed by atoms with Gasteiger partial charge in [0.25, 0.3) is 0 Å². The van der Waals surface area contributed by atoms with Crippen LogP contribution in [0, 0.1) is 0 Å². The molecule has 9 rings (SSSR count). The van der Waals surface area contributed by atoms with Crippen molar-refractivity contribution in [2.24, 2.45) is 0 Å². The third-order valence-electron chi connectivity index (χ3n) is 15.3. The Labute approximate surface area is 463 Å². The lowest BCUT2D eigenvalue weighted by Crippen LogP contribution is -2.63. The van der Waals surface area contributed by atoms with Gasteiger partial charge in [-0.15, -0.1) is 0 Å². The number of hydrogen-bond acceptors (Lipinski definition) is 13. The Morgan fingerprint density at radius 3 is 1.50 bits per heavy atom. The third-order valence-corrected chi connectivity index (χ3v) is 15.3. The van der Waals surface area contributed by atoms with E-state index in [9.17, 15) is 45.5 Å². The summed E-state index contributed by atoms with van der Waals surface area (Å²) in [5, 5.41) is 12.1. The van der Waals surface area contributed by atoms with Gasteiger partial charge >= 0.3 is 18.4 Å². The van der Waals surface area contributed by atoms with Gasteiger partial charge in [-0.25, -0.2) is 24.7 Å². The number of fused-ring (bicyclic) bond motifs is 2. The Kier molecular flexibility index (Phi) is 21.3. The quantitative estimate of drug-likeness (QED) is 0.0646. The molecule has 0 radical (unpaired) electrons.